The molecule has 0 spiro atoms. The molecule has 19 heavy (non-hydrogen) atoms. The lowest BCUT2D eigenvalue weighted by Crippen LogP contribution is -2.24. The van der Waals surface area contributed by atoms with Crippen molar-refractivity contribution in [2.24, 2.45) is 7.05 Å². The Balaban J connectivity index is 1.88. The van der Waals surface area contributed by atoms with Crippen LogP contribution in [0.4, 0.5) is 0 Å². The first-order chi connectivity index (χ1) is 9.28. The van der Waals surface area contributed by atoms with Gasteiger partial charge in [0.05, 0.1) is 5.69 Å². The quantitative estimate of drug-likeness (QED) is 0.933. The van der Waals surface area contributed by atoms with Crippen molar-refractivity contribution in [2.75, 3.05) is 6.54 Å². The van der Waals surface area contributed by atoms with E-state index in [-0.39, 0.29) is 0 Å². The van der Waals surface area contributed by atoms with Crippen molar-refractivity contribution < 1.29 is 0 Å². The molecule has 1 atom stereocenters. The zero-order valence-electron chi connectivity index (χ0n) is 11.5. The monoisotopic (exact) mass is 276 g/mol. The van der Waals surface area contributed by atoms with Gasteiger partial charge in [-0.25, -0.2) is 4.98 Å². The minimum atomic E-state index is 0.499. The molecule has 0 fully saturated rings. The van der Waals surface area contributed by atoms with Crippen LogP contribution in [0.1, 0.15) is 42.8 Å². The maximum Gasteiger partial charge on any atom is 0.144 e. The van der Waals surface area contributed by atoms with Crippen LogP contribution in [-0.2, 0) is 13.5 Å². The average Bonchev–Trinajstić information content (AvgIpc) is 3.02. The van der Waals surface area contributed by atoms with Gasteiger partial charge in [-0.3, -0.25) is 4.68 Å². The molecule has 0 aromatic carbocycles. The van der Waals surface area contributed by atoms with Crippen LogP contribution < -0.4 is 5.32 Å². The minimum absolute atomic E-state index is 0.499. The Bertz CT molecular complexity index is 558. The molecule has 0 amide bonds. The van der Waals surface area contributed by atoms with Gasteiger partial charge in [-0.2, -0.15) is 5.10 Å². The zero-order valence-corrected chi connectivity index (χ0v) is 12.3. The Kier molecular flexibility index (Phi) is 3.66. The van der Waals surface area contributed by atoms with Crippen LogP contribution in [-0.4, -0.2) is 21.3 Å². The Labute approximate surface area is 117 Å². The standard InChI is InChI=1S/C14H20N4S/c1-3-8-15-10-5-4-6-11-13(10)19-14(16-11)12-7-9-18(2)17-12/h7,9-10,15H,3-6,8H2,1-2H3. The average molecular weight is 276 g/mol. The molecule has 2 aromatic heterocycles. The van der Waals surface area contributed by atoms with E-state index in [9.17, 15) is 0 Å². The molecule has 0 aliphatic heterocycles. The molecular formula is C14H20N4S. The minimum Gasteiger partial charge on any atom is -0.309 e. The van der Waals surface area contributed by atoms with Crippen LogP contribution in [0, 0.1) is 0 Å². The third-order valence-corrected chi connectivity index (χ3v) is 4.76. The van der Waals surface area contributed by atoms with Gasteiger partial charge in [-0.15, -0.1) is 11.3 Å². The smallest absolute Gasteiger partial charge is 0.144 e. The van der Waals surface area contributed by atoms with Gasteiger partial charge in [0.15, 0.2) is 0 Å². The predicted octanol–water partition coefficient (Wildman–Crippen LogP) is 2.92. The number of nitrogens with one attached hydrogen (secondary N) is 1. The van der Waals surface area contributed by atoms with Gasteiger partial charge in [-0.1, -0.05) is 6.92 Å². The van der Waals surface area contributed by atoms with Gasteiger partial charge in [0.25, 0.3) is 0 Å². The van der Waals surface area contributed by atoms with E-state index in [2.05, 4.69) is 17.3 Å². The third-order valence-electron chi connectivity index (χ3n) is 3.52. The molecule has 5 heteroatoms. The lowest BCUT2D eigenvalue weighted by molar-refractivity contribution is 0.465. The fourth-order valence-corrected chi connectivity index (χ4v) is 3.76. The number of nitrogens with zero attached hydrogens (tertiary/aromatic N) is 3. The number of aryl methyl sites for hydroxylation is 2. The molecule has 4 nitrogen and oxygen atoms in total. The lowest BCUT2D eigenvalue weighted by atomic mass is 9.98. The maximum absolute atomic E-state index is 4.80. The van der Waals surface area contributed by atoms with Gasteiger partial charge >= 0.3 is 0 Å². The van der Waals surface area contributed by atoms with E-state index in [0.29, 0.717) is 6.04 Å². The van der Waals surface area contributed by atoms with Crippen molar-refractivity contribution >= 4 is 11.3 Å². The summed E-state index contributed by atoms with van der Waals surface area (Å²) in [7, 11) is 1.95. The van der Waals surface area contributed by atoms with Gasteiger partial charge in [-0.05, 0) is 38.3 Å². The molecule has 1 N–H and O–H groups in total. The molecule has 1 unspecified atom stereocenters. The first kappa shape index (κ1) is 12.8. The van der Waals surface area contributed by atoms with Crippen LogP contribution in [0.25, 0.3) is 10.7 Å². The molecule has 0 saturated carbocycles. The number of thiazole rings is 1. The fraction of sp³-hybridized carbons (Fsp3) is 0.571. The van der Waals surface area contributed by atoms with E-state index in [1.807, 2.05) is 35.3 Å². The molecule has 102 valence electrons. The molecule has 0 saturated heterocycles. The summed E-state index contributed by atoms with van der Waals surface area (Å²) >= 11 is 1.81. The summed E-state index contributed by atoms with van der Waals surface area (Å²) in [6.45, 7) is 3.30. The van der Waals surface area contributed by atoms with E-state index < -0.39 is 0 Å². The summed E-state index contributed by atoms with van der Waals surface area (Å²) < 4.78 is 1.84. The van der Waals surface area contributed by atoms with Crippen LogP contribution >= 0.6 is 11.3 Å². The van der Waals surface area contributed by atoms with E-state index in [1.165, 1.54) is 29.8 Å². The van der Waals surface area contributed by atoms with E-state index in [0.717, 1.165) is 23.7 Å². The molecule has 2 heterocycles. The number of hydrogen-bond donors (Lipinski definition) is 1. The topological polar surface area (TPSA) is 42.7 Å². The molecule has 3 rings (SSSR count). The van der Waals surface area contributed by atoms with E-state index in [4.69, 9.17) is 4.98 Å². The van der Waals surface area contributed by atoms with Gasteiger partial charge in [0.1, 0.15) is 10.7 Å². The molecule has 0 bridgehead atoms. The highest BCUT2D eigenvalue weighted by molar-refractivity contribution is 7.15. The largest absolute Gasteiger partial charge is 0.309 e. The lowest BCUT2D eigenvalue weighted by Gasteiger charge is -2.22. The van der Waals surface area contributed by atoms with Crippen molar-refractivity contribution in [1.29, 1.82) is 0 Å². The van der Waals surface area contributed by atoms with Crippen LogP contribution in [0.3, 0.4) is 0 Å². The highest BCUT2D eigenvalue weighted by Gasteiger charge is 2.24. The second kappa shape index (κ2) is 5.43. The molecular weight excluding hydrogens is 256 g/mol. The van der Waals surface area contributed by atoms with Crippen LogP contribution in [0.2, 0.25) is 0 Å². The van der Waals surface area contributed by atoms with E-state index >= 15 is 0 Å². The summed E-state index contributed by atoms with van der Waals surface area (Å²) in [6, 6.07) is 2.54. The Morgan fingerprint density at radius 3 is 3.16 bits per heavy atom. The highest BCUT2D eigenvalue weighted by Crippen LogP contribution is 2.37. The normalized spacial score (nSPS) is 18.5. The van der Waals surface area contributed by atoms with Crippen molar-refractivity contribution in [3.8, 4) is 10.7 Å². The predicted molar refractivity (Wildman–Crippen MR) is 78.3 cm³/mol. The first-order valence-electron chi connectivity index (χ1n) is 7.01. The zero-order chi connectivity index (χ0) is 13.2. The summed E-state index contributed by atoms with van der Waals surface area (Å²) in [5.41, 5.74) is 2.28. The van der Waals surface area contributed by atoms with Crippen molar-refractivity contribution in [3.63, 3.8) is 0 Å². The third kappa shape index (κ3) is 2.58. The second-order valence-electron chi connectivity index (χ2n) is 5.10. The molecule has 2 aromatic rings. The van der Waals surface area contributed by atoms with Gasteiger partial charge in [0.2, 0.25) is 0 Å². The molecule has 1 aliphatic carbocycles. The number of fused-ring (bicyclic) bond motifs is 1. The van der Waals surface area contributed by atoms with Crippen molar-refractivity contribution in [1.82, 2.24) is 20.1 Å². The molecule has 1 aliphatic rings. The number of hydrogen-bond acceptors (Lipinski definition) is 4. The van der Waals surface area contributed by atoms with Crippen molar-refractivity contribution in [3.05, 3.63) is 22.8 Å². The highest BCUT2D eigenvalue weighted by atomic mass is 32.1. The molecule has 0 radical (unpaired) electrons. The number of rotatable bonds is 4. The second-order valence-corrected chi connectivity index (χ2v) is 6.13. The SMILES string of the molecule is CCCNC1CCCc2nc(-c3ccn(C)n3)sc21. The van der Waals surface area contributed by atoms with Gasteiger partial charge < -0.3 is 5.32 Å². The Morgan fingerprint density at radius 1 is 1.53 bits per heavy atom. The summed E-state index contributed by atoms with van der Waals surface area (Å²) in [4.78, 5) is 6.23. The first-order valence-corrected chi connectivity index (χ1v) is 7.82. The van der Waals surface area contributed by atoms with Crippen molar-refractivity contribution in [2.45, 2.75) is 38.6 Å². The Hall–Kier alpha value is -1.20. The van der Waals surface area contributed by atoms with Crippen LogP contribution in [0.15, 0.2) is 12.3 Å². The number of aromatic nitrogens is 3. The van der Waals surface area contributed by atoms with Crippen LogP contribution in [0.5, 0.6) is 0 Å². The fourth-order valence-electron chi connectivity index (χ4n) is 2.57. The summed E-state index contributed by atoms with van der Waals surface area (Å²) in [5, 5.41) is 9.16. The Morgan fingerprint density at radius 2 is 2.42 bits per heavy atom. The summed E-state index contributed by atoms with van der Waals surface area (Å²) in [6.07, 6.45) is 6.74. The van der Waals surface area contributed by atoms with E-state index in [1.54, 1.807) is 0 Å². The maximum atomic E-state index is 4.80. The van der Waals surface area contributed by atoms with Gasteiger partial charge in [0, 0.05) is 24.2 Å². The summed E-state index contributed by atoms with van der Waals surface area (Å²) in [5.74, 6) is 0.